The van der Waals surface area contributed by atoms with Crippen molar-refractivity contribution in [1.82, 2.24) is 14.7 Å². The molecule has 18 heteroatoms. The van der Waals surface area contributed by atoms with Crippen LogP contribution in [0.15, 0.2) is 46.1 Å². The number of Topliss-reactive ketones (excluding diaryl/α,β-unsaturated/α-hetero) is 1. The number of benzene rings is 2. The molecule has 2 aromatic carbocycles. The Balaban J connectivity index is 1.32. The number of phenols is 2. The Labute approximate surface area is 410 Å². The number of phenolic OH excluding ortho intramolecular Hbond substituents is 2. The monoisotopic (exact) mass is 975 g/mol. The predicted octanol–water partition coefficient (Wildman–Crippen LogP) is 4.32. The van der Waals surface area contributed by atoms with E-state index in [9.17, 15) is 39.9 Å². The molecular formula is C52H74N6O12. The molecule has 6 N–H and O–H groups in total. The minimum absolute atomic E-state index is 0.0434. The van der Waals surface area contributed by atoms with Crippen LogP contribution in [0.3, 0.4) is 0 Å². The first-order valence-electron chi connectivity index (χ1n) is 24.8. The number of piperazine rings is 1. The zero-order valence-electron chi connectivity index (χ0n) is 42.6. The summed E-state index contributed by atoms with van der Waals surface area (Å²) < 4.78 is 24.8. The van der Waals surface area contributed by atoms with Crippen molar-refractivity contribution in [1.29, 1.82) is 0 Å². The van der Waals surface area contributed by atoms with Crippen LogP contribution in [-0.4, -0.2) is 159 Å². The summed E-state index contributed by atoms with van der Waals surface area (Å²) in [5, 5.41) is 61.3. The molecular weight excluding hydrogens is 901 g/mol. The minimum atomic E-state index is -1.99. The highest BCUT2D eigenvalue weighted by Gasteiger charge is 2.51. The first-order chi connectivity index (χ1) is 33.0. The lowest BCUT2D eigenvalue weighted by atomic mass is 9.78. The van der Waals surface area contributed by atoms with Gasteiger partial charge in [-0.15, -0.1) is 0 Å². The zero-order chi connectivity index (χ0) is 51.1. The van der Waals surface area contributed by atoms with Gasteiger partial charge in [-0.1, -0.05) is 59.8 Å². The summed E-state index contributed by atoms with van der Waals surface area (Å²) in [6, 6.07) is 0. The molecule has 10 atom stereocenters. The number of aliphatic hydroxyl groups is 3. The number of amides is 2. The lowest BCUT2D eigenvalue weighted by Gasteiger charge is -2.40. The molecule has 0 saturated carbocycles. The Morgan fingerprint density at radius 2 is 1.54 bits per heavy atom. The van der Waals surface area contributed by atoms with Crippen LogP contribution in [0.5, 0.6) is 17.2 Å². The number of likely N-dealkylation sites (tertiary alicyclic amines) is 1. The molecule has 6 aliphatic heterocycles. The van der Waals surface area contributed by atoms with Gasteiger partial charge in [0.25, 0.3) is 11.7 Å². The minimum Gasteiger partial charge on any atom is -0.507 e. The Morgan fingerprint density at radius 3 is 2.17 bits per heavy atom. The van der Waals surface area contributed by atoms with E-state index in [4.69, 9.17) is 23.9 Å². The second-order valence-electron chi connectivity index (χ2n) is 20.9. The van der Waals surface area contributed by atoms with E-state index >= 15 is 0 Å². The van der Waals surface area contributed by atoms with Crippen LogP contribution in [0.1, 0.15) is 91.1 Å². The molecule has 2 amide bonds. The fourth-order valence-corrected chi connectivity index (χ4v) is 10.7. The maximum Gasteiger partial charge on any atom is 0.410 e. The van der Waals surface area contributed by atoms with Gasteiger partial charge in [-0.05, 0) is 32.8 Å². The van der Waals surface area contributed by atoms with Gasteiger partial charge in [-0.25, -0.2) is 9.79 Å². The predicted molar refractivity (Wildman–Crippen MR) is 262 cm³/mol. The number of nitrogens with one attached hydrogen (secondary N) is 1. The molecule has 2 fully saturated rings. The Hall–Kier alpha value is -5.11. The number of aliphatic hydroxyl groups excluding tert-OH is 3. The lowest BCUT2D eigenvalue weighted by molar-refractivity contribution is -0.114. The first-order valence-corrected chi connectivity index (χ1v) is 24.8. The number of nitrogens with zero attached hydrogens (tertiary/aromatic N) is 5. The van der Waals surface area contributed by atoms with E-state index in [1.165, 1.54) is 20.3 Å². The number of piperidine rings is 1. The number of rotatable bonds is 6. The van der Waals surface area contributed by atoms with E-state index < -0.39 is 89.2 Å². The van der Waals surface area contributed by atoms with Crippen LogP contribution in [0.4, 0.5) is 10.5 Å². The van der Waals surface area contributed by atoms with Gasteiger partial charge in [0.15, 0.2) is 5.75 Å². The largest absolute Gasteiger partial charge is 0.507 e. The van der Waals surface area contributed by atoms with E-state index in [0.29, 0.717) is 70.3 Å². The van der Waals surface area contributed by atoms with Gasteiger partial charge in [0.1, 0.15) is 34.0 Å². The summed E-state index contributed by atoms with van der Waals surface area (Å²) in [4.78, 5) is 58.5. The fraction of sp³-hybridized carbons (Fsp3) is 0.635. The van der Waals surface area contributed by atoms with Crippen molar-refractivity contribution < 1.29 is 58.9 Å². The van der Waals surface area contributed by atoms with Crippen LogP contribution in [-0.2, 0) is 19.0 Å². The van der Waals surface area contributed by atoms with Crippen molar-refractivity contribution in [2.24, 2.45) is 39.6 Å². The van der Waals surface area contributed by atoms with Crippen molar-refractivity contribution in [3.63, 3.8) is 0 Å². The Morgan fingerprint density at radius 1 is 0.886 bits per heavy atom. The summed E-state index contributed by atoms with van der Waals surface area (Å²) in [5.41, 5.74) is -0.167. The lowest BCUT2D eigenvalue weighted by Crippen LogP contribution is -2.52. The molecule has 0 radical (unpaired) electrons. The normalized spacial score (nSPS) is 32.1. The van der Waals surface area contributed by atoms with E-state index in [-0.39, 0.29) is 49.7 Å². The molecule has 2 saturated heterocycles. The SMILES string of the molecule is CO[C@H]1/C=C/O[C@@]2(C)Oc3c(C)c(O)c4c(O)c(c5c(c4c3C2=O)NC2(CCN(CC(C)C)CC2)N=5)=NC(=O)/C(C)=C\C=C\[C@H](C)[C@H](O)[C@@H](C)[C@@H](O)[C@@H](C)[C@H](OC(=O)N2CCN(C[C@@H](C)O)CC2)[C@@H]1C. The van der Waals surface area contributed by atoms with Gasteiger partial charge < -0.3 is 59.6 Å². The Kier molecular flexibility index (Phi) is 15.8. The maximum absolute atomic E-state index is 14.9. The quantitative estimate of drug-likeness (QED) is 0.221. The maximum atomic E-state index is 14.9. The molecule has 0 aliphatic carbocycles. The molecule has 0 unspecified atom stereocenters. The van der Waals surface area contributed by atoms with Gasteiger partial charge in [0, 0.05) is 119 Å². The van der Waals surface area contributed by atoms with Crippen molar-refractivity contribution in [2.75, 3.05) is 64.8 Å². The summed E-state index contributed by atoms with van der Waals surface area (Å²) in [6.45, 7) is 22.3. The number of hydrogen-bond acceptors (Lipinski definition) is 16. The number of anilines is 1. The third-order valence-electron chi connectivity index (χ3n) is 15.0. The van der Waals surface area contributed by atoms with Crippen LogP contribution >= 0.6 is 0 Å². The fourth-order valence-electron chi connectivity index (χ4n) is 10.7. The van der Waals surface area contributed by atoms with E-state index in [2.05, 4.69) is 34.0 Å². The number of aromatic hydroxyl groups is 2. The number of ketones is 1. The van der Waals surface area contributed by atoms with Crippen molar-refractivity contribution in [3.8, 4) is 17.2 Å². The van der Waals surface area contributed by atoms with Gasteiger partial charge in [-0.3, -0.25) is 19.5 Å². The molecule has 0 aromatic heterocycles. The number of allylic oxidation sites excluding steroid dienone is 2. The van der Waals surface area contributed by atoms with Crippen molar-refractivity contribution >= 4 is 34.2 Å². The van der Waals surface area contributed by atoms with Crippen LogP contribution in [0.2, 0.25) is 0 Å². The molecule has 5 bridgehead atoms. The summed E-state index contributed by atoms with van der Waals surface area (Å²) in [6.07, 6.45) is 3.73. The second-order valence-corrected chi connectivity index (χ2v) is 20.9. The first kappa shape index (κ1) is 52.7. The average Bonchev–Trinajstić information content (AvgIpc) is 3.82. The van der Waals surface area contributed by atoms with Crippen LogP contribution in [0.25, 0.3) is 10.8 Å². The molecule has 6 heterocycles. The number of carbonyl (C=O) groups is 3. The summed E-state index contributed by atoms with van der Waals surface area (Å²) in [5.74, 6) is -6.32. The number of β-amino-alcohol motifs (C(OH)–C–C–N with tert-alkyl or cyclic N) is 1. The number of methoxy groups -OCH3 is 1. The molecule has 1 spiro atoms. The number of fused-ring (bicyclic) bond motifs is 13. The molecule has 2 aromatic rings. The smallest absolute Gasteiger partial charge is 0.410 e. The number of carbonyl (C=O) groups excluding carboxylic acids is 3. The third-order valence-corrected chi connectivity index (χ3v) is 15.0. The van der Waals surface area contributed by atoms with E-state index in [0.717, 1.165) is 6.54 Å². The number of ether oxygens (including phenoxy) is 4. The number of hydrogen-bond donors (Lipinski definition) is 6. The van der Waals surface area contributed by atoms with Crippen LogP contribution in [0, 0.1) is 36.5 Å². The van der Waals surface area contributed by atoms with Gasteiger partial charge in [-0.2, -0.15) is 0 Å². The van der Waals surface area contributed by atoms with E-state index in [1.54, 1.807) is 70.7 Å². The molecule has 18 nitrogen and oxygen atoms in total. The molecule has 8 rings (SSSR count). The highest BCUT2D eigenvalue weighted by Crippen LogP contribution is 2.51. The van der Waals surface area contributed by atoms with Crippen molar-refractivity contribution in [2.45, 2.75) is 124 Å². The summed E-state index contributed by atoms with van der Waals surface area (Å²) in [7, 11) is 1.48. The standard InChI is InChI=1S/C52H74N6O12/c1-27(2)25-56-18-16-52(17-19-56)54-39-36-37-44(62)34(9)47-38(36)48(64)51(10,70-47)68-24-15-35(67-11)31(6)46(69-50(66)58-22-20-57(21-23-58)26-30(5)59)33(8)43(61)32(7)42(60)28(3)13-12-14-29(4)49(65)53-41(45(37)63)40(39)55-52/h12-15,24,27-28,30-33,35,42-43,46,54,59-63H,16-23,25-26H2,1-11H3/b13-12+,24-15+,29-14-,53-41?/t28-,30+,31+,32+,33+,35-,42-,43+,46+,51-/m0/s1. The molecule has 6 aliphatic rings. The Bertz CT molecular complexity index is 2550. The van der Waals surface area contributed by atoms with E-state index in [1.807, 2.05) is 6.92 Å². The average molecular weight is 975 g/mol. The van der Waals surface area contributed by atoms with Crippen LogP contribution < -0.4 is 20.8 Å². The highest BCUT2D eigenvalue weighted by molar-refractivity contribution is 6.21. The molecule has 70 heavy (non-hydrogen) atoms. The van der Waals surface area contributed by atoms with Crippen molar-refractivity contribution in [3.05, 3.63) is 58.0 Å². The summed E-state index contributed by atoms with van der Waals surface area (Å²) >= 11 is 0. The second kappa shape index (κ2) is 20.9. The highest BCUT2D eigenvalue weighted by atomic mass is 16.7. The third kappa shape index (κ3) is 10.3. The topological polar surface area (TPSA) is 236 Å². The molecule has 384 valence electrons. The van der Waals surface area contributed by atoms with Gasteiger partial charge in [0.05, 0.1) is 47.3 Å². The van der Waals surface area contributed by atoms with Gasteiger partial charge in [0.2, 0.25) is 0 Å². The zero-order valence-corrected chi connectivity index (χ0v) is 42.6. The van der Waals surface area contributed by atoms with Gasteiger partial charge >= 0.3 is 11.9 Å².